The van der Waals surface area contributed by atoms with E-state index >= 15 is 0 Å². The molecule has 1 aliphatic rings. The fourth-order valence-corrected chi connectivity index (χ4v) is 2.63. The first-order valence-corrected chi connectivity index (χ1v) is 8.07. The quantitative estimate of drug-likeness (QED) is 0.779. The van der Waals surface area contributed by atoms with Gasteiger partial charge in [0.1, 0.15) is 5.82 Å². The van der Waals surface area contributed by atoms with Gasteiger partial charge in [0, 0.05) is 29.7 Å². The molecule has 0 aliphatic carbocycles. The highest BCUT2D eigenvalue weighted by Crippen LogP contribution is 2.28. The molecule has 1 saturated heterocycles. The van der Waals surface area contributed by atoms with Gasteiger partial charge in [-0.1, -0.05) is 25.4 Å². The van der Waals surface area contributed by atoms with E-state index in [0.717, 1.165) is 24.6 Å². The van der Waals surface area contributed by atoms with Crippen molar-refractivity contribution >= 4 is 23.4 Å². The lowest BCUT2D eigenvalue weighted by Gasteiger charge is -2.29. The third-order valence-corrected chi connectivity index (χ3v) is 4.22. The number of anilines is 1. The Kier molecular flexibility index (Phi) is 6.03. The van der Waals surface area contributed by atoms with E-state index in [4.69, 9.17) is 26.1 Å². The number of ether oxygens (including phenoxy) is 2. The third kappa shape index (κ3) is 4.11. The Bertz CT molecular complexity index is 518. The number of aromatic nitrogens is 1. The summed E-state index contributed by atoms with van der Waals surface area (Å²) in [7, 11) is 0. The zero-order valence-corrected chi connectivity index (χ0v) is 14.1. The summed E-state index contributed by atoms with van der Waals surface area (Å²) in [5.41, 5.74) is 0.814. The van der Waals surface area contributed by atoms with E-state index in [0.29, 0.717) is 24.8 Å². The van der Waals surface area contributed by atoms with Crippen molar-refractivity contribution in [1.29, 1.82) is 0 Å². The normalized spacial score (nSPS) is 17.9. The van der Waals surface area contributed by atoms with Crippen LogP contribution in [0.25, 0.3) is 0 Å². The smallest absolute Gasteiger partial charge is 0.309 e. The summed E-state index contributed by atoms with van der Waals surface area (Å²) in [5, 5.41) is 0.634. The number of hydrogen-bond donors (Lipinski definition) is 0. The maximum Gasteiger partial charge on any atom is 0.309 e. The van der Waals surface area contributed by atoms with E-state index in [-0.39, 0.29) is 17.8 Å². The van der Waals surface area contributed by atoms with Gasteiger partial charge in [-0.3, -0.25) is 4.79 Å². The van der Waals surface area contributed by atoms with E-state index in [2.05, 4.69) is 4.90 Å². The molecule has 1 aromatic heterocycles. The van der Waals surface area contributed by atoms with Gasteiger partial charge in [-0.05, 0) is 19.1 Å². The first kappa shape index (κ1) is 17.0. The van der Waals surface area contributed by atoms with Crippen molar-refractivity contribution in [2.45, 2.75) is 26.7 Å². The lowest BCUT2D eigenvalue weighted by atomic mass is 9.92. The summed E-state index contributed by atoms with van der Waals surface area (Å²) in [6.07, 6.45) is 0. The second-order valence-electron chi connectivity index (χ2n) is 5.50. The van der Waals surface area contributed by atoms with Crippen molar-refractivity contribution in [1.82, 2.24) is 4.98 Å². The standard InChI is InChI=1S/C16H23ClN2O3/c1-4-22-16(20)12(3)11(2)14-9-13(17)10-15(18-14)19-5-7-21-8-6-19/h9-12H,4-8H2,1-3H3/t11-,12-/m1/s1. The van der Waals surface area contributed by atoms with Crippen LogP contribution in [0.15, 0.2) is 12.1 Å². The second-order valence-corrected chi connectivity index (χ2v) is 5.93. The summed E-state index contributed by atoms with van der Waals surface area (Å²) in [6, 6.07) is 3.68. The summed E-state index contributed by atoms with van der Waals surface area (Å²) in [5.74, 6) is 0.319. The summed E-state index contributed by atoms with van der Waals surface area (Å²) < 4.78 is 10.5. The number of carbonyl (C=O) groups is 1. The molecule has 1 fully saturated rings. The Morgan fingerprint density at radius 1 is 1.41 bits per heavy atom. The maximum atomic E-state index is 11.9. The van der Waals surface area contributed by atoms with Gasteiger partial charge in [-0.15, -0.1) is 0 Å². The predicted molar refractivity (Wildman–Crippen MR) is 86.5 cm³/mol. The van der Waals surface area contributed by atoms with Gasteiger partial charge in [0.2, 0.25) is 0 Å². The molecule has 6 heteroatoms. The summed E-state index contributed by atoms with van der Waals surface area (Å²) in [6.45, 7) is 9.02. The molecular formula is C16H23ClN2O3. The molecule has 1 aromatic rings. The SMILES string of the molecule is CCOC(=O)[C@H](C)[C@@H](C)c1cc(Cl)cc(N2CCOCC2)n1. The molecule has 0 aromatic carbocycles. The number of halogens is 1. The molecule has 0 radical (unpaired) electrons. The number of pyridine rings is 1. The number of hydrogen-bond acceptors (Lipinski definition) is 5. The van der Waals surface area contributed by atoms with Crippen molar-refractivity contribution in [3.63, 3.8) is 0 Å². The van der Waals surface area contributed by atoms with Crippen molar-refractivity contribution < 1.29 is 14.3 Å². The van der Waals surface area contributed by atoms with Gasteiger partial charge >= 0.3 is 5.97 Å². The molecule has 2 heterocycles. The molecule has 22 heavy (non-hydrogen) atoms. The molecular weight excluding hydrogens is 304 g/mol. The van der Waals surface area contributed by atoms with Crippen LogP contribution in [-0.4, -0.2) is 43.9 Å². The van der Waals surface area contributed by atoms with Gasteiger partial charge in [-0.2, -0.15) is 0 Å². The van der Waals surface area contributed by atoms with Gasteiger partial charge in [0.15, 0.2) is 0 Å². The molecule has 2 atom stereocenters. The lowest BCUT2D eigenvalue weighted by molar-refractivity contribution is -0.148. The van der Waals surface area contributed by atoms with Gasteiger partial charge in [0.25, 0.3) is 0 Å². The van der Waals surface area contributed by atoms with E-state index < -0.39 is 0 Å². The molecule has 122 valence electrons. The van der Waals surface area contributed by atoms with Crippen molar-refractivity contribution in [3.8, 4) is 0 Å². The summed E-state index contributed by atoms with van der Waals surface area (Å²) >= 11 is 6.24. The zero-order valence-electron chi connectivity index (χ0n) is 13.3. The lowest BCUT2D eigenvalue weighted by Crippen LogP contribution is -2.37. The van der Waals surface area contributed by atoms with Crippen LogP contribution in [-0.2, 0) is 14.3 Å². The van der Waals surface area contributed by atoms with Crippen molar-refractivity contribution in [2.24, 2.45) is 5.92 Å². The number of carbonyl (C=O) groups excluding carboxylic acids is 1. The Balaban J connectivity index is 2.19. The van der Waals surface area contributed by atoms with Crippen LogP contribution in [0.2, 0.25) is 5.02 Å². The largest absolute Gasteiger partial charge is 0.466 e. The van der Waals surface area contributed by atoms with Crippen LogP contribution in [0.5, 0.6) is 0 Å². The van der Waals surface area contributed by atoms with Crippen LogP contribution in [0.3, 0.4) is 0 Å². The van der Waals surface area contributed by atoms with Crippen molar-refractivity contribution in [2.75, 3.05) is 37.8 Å². The average molecular weight is 327 g/mol. The highest BCUT2D eigenvalue weighted by atomic mass is 35.5. The minimum Gasteiger partial charge on any atom is -0.466 e. The molecule has 0 N–H and O–H groups in total. The Morgan fingerprint density at radius 3 is 2.73 bits per heavy atom. The van der Waals surface area contributed by atoms with E-state index in [1.165, 1.54) is 0 Å². The van der Waals surface area contributed by atoms with E-state index in [1.54, 1.807) is 0 Å². The third-order valence-electron chi connectivity index (χ3n) is 4.01. The molecule has 1 aliphatic heterocycles. The Morgan fingerprint density at radius 2 is 2.09 bits per heavy atom. The number of nitrogens with zero attached hydrogens (tertiary/aromatic N) is 2. The zero-order chi connectivity index (χ0) is 16.1. The molecule has 2 rings (SSSR count). The van der Waals surface area contributed by atoms with Crippen molar-refractivity contribution in [3.05, 3.63) is 22.8 Å². The van der Waals surface area contributed by atoms with E-state index in [9.17, 15) is 4.79 Å². The highest BCUT2D eigenvalue weighted by Gasteiger charge is 2.25. The number of esters is 1. The van der Waals surface area contributed by atoms with Crippen LogP contribution in [0.1, 0.15) is 32.4 Å². The topological polar surface area (TPSA) is 51.7 Å². The van der Waals surface area contributed by atoms with Gasteiger partial charge < -0.3 is 14.4 Å². The highest BCUT2D eigenvalue weighted by molar-refractivity contribution is 6.30. The van der Waals surface area contributed by atoms with Crippen LogP contribution >= 0.6 is 11.6 Å². The first-order chi connectivity index (χ1) is 10.5. The number of morpholine rings is 1. The monoisotopic (exact) mass is 326 g/mol. The molecule has 5 nitrogen and oxygen atoms in total. The molecule has 0 bridgehead atoms. The minimum atomic E-state index is -0.261. The molecule has 0 unspecified atom stereocenters. The molecule has 0 amide bonds. The number of rotatable bonds is 5. The average Bonchev–Trinajstić information content (AvgIpc) is 2.54. The Hall–Kier alpha value is -1.33. The van der Waals surface area contributed by atoms with Crippen LogP contribution in [0, 0.1) is 5.92 Å². The first-order valence-electron chi connectivity index (χ1n) is 7.69. The Labute approximate surface area is 136 Å². The van der Waals surface area contributed by atoms with Gasteiger partial charge in [0.05, 0.1) is 25.7 Å². The molecule has 0 saturated carbocycles. The fraction of sp³-hybridized carbons (Fsp3) is 0.625. The van der Waals surface area contributed by atoms with Crippen LogP contribution in [0.4, 0.5) is 5.82 Å². The van der Waals surface area contributed by atoms with Crippen LogP contribution < -0.4 is 4.90 Å². The summed E-state index contributed by atoms with van der Waals surface area (Å²) in [4.78, 5) is 18.8. The minimum absolute atomic E-state index is 0.0578. The van der Waals surface area contributed by atoms with E-state index in [1.807, 2.05) is 32.9 Å². The predicted octanol–water partition coefficient (Wildman–Crippen LogP) is 2.87. The van der Waals surface area contributed by atoms with Gasteiger partial charge in [-0.25, -0.2) is 4.98 Å². The fourth-order valence-electron chi connectivity index (χ4n) is 2.42. The second kappa shape index (κ2) is 7.79. The molecule has 0 spiro atoms. The maximum absolute atomic E-state index is 11.9.